The van der Waals surface area contributed by atoms with Crippen LogP contribution in [-0.2, 0) is 0 Å². The number of amides is 1. The number of halogens is 1. The van der Waals surface area contributed by atoms with E-state index in [1.807, 2.05) is 44.4 Å². The Labute approximate surface area is 182 Å². The minimum Gasteiger partial charge on any atom is -0.355 e. The number of benzene rings is 1. The molecule has 0 radical (unpaired) electrons. The van der Waals surface area contributed by atoms with E-state index in [9.17, 15) is 4.79 Å². The summed E-state index contributed by atoms with van der Waals surface area (Å²) in [6, 6.07) is 7.90. The second-order valence-corrected chi connectivity index (χ2v) is 9.66. The summed E-state index contributed by atoms with van der Waals surface area (Å²) in [7, 11) is 0. The van der Waals surface area contributed by atoms with Crippen LogP contribution in [0.4, 0.5) is 11.5 Å². The van der Waals surface area contributed by atoms with E-state index >= 15 is 0 Å². The van der Waals surface area contributed by atoms with Gasteiger partial charge in [-0.3, -0.25) is 4.79 Å². The van der Waals surface area contributed by atoms with Crippen LogP contribution >= 0.6 is 23.4 Å². The van der Waals surface area contributed by atoms with Crippen molar-refractivity contribution in [3.05, 3.63) is 46.1 Å². The van der Waals surface area contributed by atoms with Gasteiger partial charge in [-0.2, -0.15) is 0 Å². The molecular formula is C23H28ClN3OS. The SMILES string of the molecule is CSc1cccc(NC(=O)c2c(N3CCCC4(CCC4)C3)nc(C)c(Cl)c2C)c1. The molecule has 154 valence electrons. The van der Waals surface area contributed by atoms with E-state index in [1.165, 1.54) is 25.7 Å². The standard InChI is InChI=1S/C23H28ClN3OS/c1-15-19(22(28)26-17-7-4-8-18(13-17)29-3)21(25-16(2)20(15)24)27-12-6-11-23(14-27)9-5-10-23/h4,7-8,13H,5-6,9-12,14H2,1-3H3,(H,26,28). The second kappa shape index (κ2) is 8.19. The molecule has 1 aromatic carbocycles. The van der Waals surface area contributed by atoms with Gasteiger partial charge in [0.25, 0.3) is 5.91 Å². The summed E-state index contributed by atoms with van der Waals surface area (Å²) in [6.45, 7) is 5.78. The Morgan fingerprint density at radius 3 is 2.69 bits per heavy atom. The topological polar surface area (TPSA) is 45.2 Å². The quantitative estimate of drug-likeness (QED) is 0.596. The summed E-state index contributed by atoms with van der Waals surface area (Å²) in [6.07, 6.45) is 8.37. The summed E-state index contributed by atoms with van der Waals surface area (Å²) in [5, 5.41) is 3.65. The van der Waals surface area contributed by atoms with Gasteiger partial charge in [-0.05, 0) is 75.0 Å². The molecule has 1 N–H and O–H groups in total. The molecule has 1 aliphatic carbocycles. The third-order valence-electron chi connectivity index (χ3n) is 6.45. The molecule has 4 nitrogen and oxygen atoms in total. The van der Waals surface area contributed by atoms with Crippen molar-refractivity contribution in [3.8, 4) is 0 Å². The molecule has 1 aromatic heterocycles. The molecule has 2 aromatic rings. The maximum absolute atomic E-state index is 13.4. The second-order valence-electron chi connectivity index (χ2n) is 8.40. The Balaban J connectivity index is 1.69. The Morgan fingerprint density at radius 1 is 1.24 bits per heavy atom. The first-order chi connectivity index (χ1) is 13.9. The average molecular weight is 430 g/mol. The zero-order valence-electron chi connectivity index (χ0n) is 17.3. The predicted octanol–water partition coefficient (Wildman–Crippen LogP) is 6.10. The molecule has 2 aliphatic rings. The molecule has 1 spiro atoms. The maximum Gasteiger partial charge on any atom is 0.259 e. The summed E-state index contributed by atoms with van der Waals surface area (Å²) < 4.78 is 0. The van der Waals surface area contributed by atoms with Crippen molar-refractivity contribution in [2.75, 3.05) is 29.6 Å². The Morgan fingerprint density at radius 2 is 2.00 bits per heavy atom. The van der Waals surface area contributed by atoms with E-state index in [0.717, 1.165) is 47.2 Å². The summed E-state index contributed by atoms with van der Waals surface area (Å²) in [5.41, 5.74) is 3.40. The van der Waals surface area contributed by atoms with Gasteiger partial charge in [0, 0.05) is 23.7 Å². The molecule has 2 fully saturated rings. The minimum atomic E-state index is -0.140. The van der Waals surface area contributed by atoms with Gasteiger partial charge in [0.15, 0.2) is 0 Å². The van der Waals surface area contributed by atoms with Crippen LogP contribution in [0.15, 0.2) is 29.2 Å². The zero-order valence-corrected chi connectivity index (χ0v) is 18.9. The van der Waals surface area contributed by atoms with Crippen LogP contribution in [0.3, 0.4) is 0 Å². The fraction of sp³-hybridized carbons (Fsp3) is 0.478. The number of carbonyl (C=O) groups is 1. The molecule has 4 rings (SSSR count). The lowest BCUT2D eigenvalue weighted by molar-refractivity contribution is 0.101. The molecule has 29 heavy (non-hydrogen) atoms. The van der Waals surface area contributed by atoms with E-state index in [4.69, 9.17) is 16.6 Å². The van der Waals surface area contributed by atoms with Gasteiger partial charge in [-0.1, -0.05) is 24.1 Å². The molecule has 6 heteroatoms. The highest BCUT2D eigenvalue weighted by atomic mass is 35.5. The number of rotatable bonds is 4. The van der Waals surface area contributed by atoms with Crippen molar-refractivity contribution in [2.45, 2.75) is 50.8 Å². The number of nitrogens with one attached hydrogen (secondary N) is 1. The van der Waals surface area contributed by atoms with Crippen molar-refractivity contribution in [1.29, 1.82) is 0 Å². The van der Waals surface area contributed by atoms with Crippen molar-refractivity contribution >= 4 is 40.8 Å². The molecule has 0 atom stereocenters. The highest BCUT2D eigenvalue weighted by molar-refractivity contribution is 7.98. The zero-order chi connectivity index (χ0) is 20.6. The van der Waals surface area contributed by atoms with Crippen LogP contribution in [-0.4, -0.2) is 30.2 Å². The summed E-state index contributed by atoms with van der Waals surface area (Å²) in [4.78, 5) is 21.6. The minimum absolute atomic E-state index is 0.140. The van der Waals surface area contributed by atoms with E-state index in [0.29, 0.717) is 16.0 Å². The summed E-state index contributed by atoms with van der Waals surface area (Å²) >= 11 is 8.17. The van der Waals surface area contributed by atoms with Crippen LogP contribution < -0.4 is 10.2 Å². The van der Waals surface area contributed by atoms with Gasteiger partial charge in [-0.15, -0.1) is 11.8 Å². The van der Waals surface area contributed by atoms with Crippen LogP contribution in [0.2, 0.25) is 5.02 Å². The third kappa shape index (κ3) is 3.99. The Kier molecular flexibility index (Phi) is 5.80. The van der Waals surface area contributed by atoms with E-state index in [1.54, 1.807) is 11.8 Å². The molecule has 1 saturated heterocycles. The van der Waals surface area contributed by atoms with Gasteiger partial charge in [0.1, 0.15) is 5.82 Å². The average Bonchev–Trinajstić information content (AvgIpc) is 2.70. The van der Waals surface area contributed by atoms with Crippen molar-refractivity contribution < 1.29 is 4.79 Å². The Hall–Kier alpha value is -1.72. The van der Waals surface area contributed by atoms with Crippen LogP contribution in [0.1, 0.15) is 53.7 Å². The molecule has 0 unspecified atom stereocenters. The molecular weight excluding hydrogens is 402 g/mol. The van der Waals surface area contributed by atoms with Gasteiger partial charge in [-0.25, -0.2) is 4.98 Å². The predicted molar refractivity (Wildman–Crippen MR) is 123 cm³/mol. The lowest BCUT2D eigenvalue weighted by atomic mass is 9.64. The highest BCUT2D eigenvalue weighted by Crippen LogP contribution is 2.48. The molecule has 2 heterocycles. The number of aromatic nitrogens is 1. The third-order valence-corrected chi connectivity index (χ3v) is 7.73. The number of hydrogen-bond donors (Lipinski definition) is 1. The van der Waals surface area contributed by atoms with E-state index in [-0.39, 0.29) is 5.91 Å². The number of hydrogen-bond acceptors (Lipinski definition) is 4. The van der Waals surface area contributed by atoms with Crippen LogP contribution in [0.25, 0.3) is 0 Å². The number of aryl methyl sites for hydroxylation is 1. The smallest absolute Gasteiger partial charge is 0.259 e. The van der Waals surface area contributed by atoms with Crippen LogP contribution in [0.5, 0.6) is 0 Å². The Bertz CT molecular complexity index is 942. The number of thioether (sulfide) groups is 1. The monoisotopic (exact) mass is 429 g/mol. The number of pyridine rings is 1. The molecule has 1 aliphatic heterocycles. The maximum atomic E-state index is 13.4. The van der Waals surface area contributed by atoms with Crippen molar-refractivity contribution in [3.63, 3.8) is 0 Å². The molecule has 0 bridgehead atoms. The van der Waals surface area contributed by atoms with Gasteiger partial charge < -0.3 is 10.2 Å². The van der Waals surface area contributed by atoms with E-state index < -0.39 is 0 Å². The van der Waals surface area contributed by atoms with Gasteiger partial charge in [0.2, 0.25) is 0 Å². The normalized spacial score (nSPS) is 17.9. The van der Waals surface area contributed by atoms with E-state index in [2.05, 4.69) is 10.2 Å². The first-order valence-corrected chi connectivity index (χ1v) is 11.9. The number of nitrogens with zero attached hydrogens (tertiary/aromatic N) is 2. The lowest BCUT2D eigenvalue weighted by Crippen LogP contribution is -2.48. The first-order valence-electron chi connectivity index (χ1n) is 10.3. The first kappa shape index (κ1) is 20.5. The molecule has 1 amide bonds. The highest BCUT2D eigenvalue weighted by Gasteiger charge is 2.41. The lowest BCUT2D eigenvalue weighted by Gasteiger charge is -2.49. The van der Waals surface area contributed by atoms with Gasteiger partial charge >= 0.3 is 0 Å². The largest absolute Gasteiger partial charge is 0.355 e. The summed E-state index contributed by atoms with van der Waals surface area (Å²) in [5.74, 6) is 0.646. The van der Waals surface area contributed by atoms with Crippen LogP contribution in [0, 0.1) is 19.3 Å². The van der Waals surface area contributed by atoms with Crippen molar-refractivity contribution in [2.24, 2.45) is 5.41 Å². The number of carbonyl (C=O) groups excluding carboxylic acids is 1. The fourth-order valence-corrected chi connectivity index (χ4v) is 5.28. The molecule has 1 saturated carbocycles. The van der Waals surface area contributed by atoms with Gasteiger partial charge in [0.05, 0.1) is 16.3 Å². The number of piperidine rings is 1. The number of anilines is 2. The van der Waals surface area contributed by atoms with Crippen molar-refractivity contribution in [1.82, 2.24) is 4.98 Å². The fourth-order valence-electron chi connectivity index (χ4n) is 4.68.